The van der Waals surface area contributed by atoms with Crippen LogP contribution in [-0.2, 0) is 0 Å². The minimum absolute atomic E-state index is 0.912. The van der Waals surface area contributed by atoms with Gasteiger partial charge in [-0.2, -0.15) is 0 Å². The Labute approximate surface area is 50.5 Å². The molecule has 2 aliphatic rings. The lowest BCUT2D eigenvalue weighted by molar-refractivity contribution is 0.174. The van der Waals surface area contributed by atoms with Crippen molar-refractivity contribution in [2.24, 2.45) is 11.8 Å². The van der Waals surface area contributed by atoms with Crippen molar-refractivity contribution in [2.75, 3.05) is 6.54 Å². The van der Waals surface area contributed by atoms with Gasteiger partial charge in [-0.3, -0.25) is 0 Å². The summed E-state index contributed by atoms with van der Waals surface area (Å²) >= 11 is 0. The van der Waals surface area contributed by atoms with Crippen molar-refractivity contribution in [3.63, 3.8) is 0 Å². The Bertz CT molecular complexity index is 101. The maximum Gasteiger partial charge on any atom is 0.0122 e. The Morgan fingerprint density at radius 2 is 2.38 bits per heavy atom. The number of nitrogens with one attached hydrogen (secondary N) is 1. The summed E-state index contributed by atoms with van der Waals surface area (Å²) in [6.07, 6.45) is 2.92. The number of rotatable bonds is 0. The van der Waals surface area contributed by atoms with E-state index < -0.39 is 0 Å². The van der Waals surface area contributed by atoms with E-state index in [0.717, 1.165) is 17.9 Å². The molecule has 1 saturated heterocycles. The highest BCUT2D eigenvalue weighted by Crippen LogP contribution is 2.39. The van der Waals surface area contributed by atoms with Crippen LogP contribution in [0.4, 0.5) is 0 Å². The van der Waals surface area contributed by atoms with Gasteiger partial charge in [0.15, 0.2) is 0 Å². The highest BCUT2D eigenvalue weighted by atomic mass is 15.0. The van der Waals surface area contributed by atoms with Crippen LogP contribution in [0.25, 0.3) is 0 Å². The molecule has 0 aromatic carbocycles. The summed E-state index contributed by atoms with van der Waals surface area (Å²) in [7, 11) is 0. The minimum atomic E-state index is 0.912. The second-order valence-corrected chi connectivity index (χ2v) is 3.24. The topological polar surface area (TPSA) is 12.0 Å². The summed E-state index contributed by atoms with van der Waals surface area (Å²) in [6.45, 7) is 3.62. The van der Waals surface area contributed by atoms with Gasteiger partial charge < -0.3 is 5.32 Å². The molecule has 0 radical (unpaired) electrons. The Morgan fingerprint density at radius 3 is 2.88 bits per heavy atom. The van der Waals surface area contributed by atoms with E-state index in [1.54, 1.807) is 0 Å². The maximum atomic E-state index is 3.51. The highest BCUT2D eigenvalue weighted by molar-refractivity contribution is 4.96. The summed E-state index contributed by atoms with van der Waals surface area (Å²) in [4.78, 5) is 0. The van der Waals surface area contributed by atoms with E-state index in [0.29, 0.717) is 0 Å². The molecule has 1 saturated carbocycles. The molecule has 8 heavy (non-hydrogen) atoms. The molecule has 0 spiro atoms. The molecule has 0 bridgehead atoms. The van der Waals surface area contributed by atoms with Crippen LogP contribution in [0.2, 0.25) is 0 Å². The molecule has 1 aliphatic heterocycles. The third-order valence-electron chi connectivity index (χ3n) is 2.69. The van der Waals surface area contributed by atoms with Gasteiger partial charge in [0.1, 0.15) is 0 Å². The van der Waals surface area contributed by atoms with Gasteiger partial charge >= 0.3 is 0 Å². The Hall–Kier alpha value is -0.0400. The fourth-order valence-electron chi connectivity index (χ4n) is 2.14. The van der Waals surface area contributed by atoms with Crippen LogP contribution in [0, 0.1) is 11.8 Å². The maximum absolute atomic E-state index is 3.51. The largest absolute Gasteiger partial charge is 0.313 e. The van der Waals surface area contributed by atoms with Gasteiger partial charge in [-0.25, -0.2) is 0 Å². The van der Waals surface area contributed by atoms with Crippen molar-refractivity contribution in [3.8, 4) is 0 Å². The van der Waals surface area contributed by atoms with Crippen molar-refractivity contribution >= 4 is 0 Å². The van der Waals surface area contributed by atoms with Crippen LogP contribution in [0.1, 0.15) is 19.8 Å². The molecular formula is C7H13N. The van der Waals surface area contributed by atoms with E-state index in [1.807, 2.05) is 0 Å². The fourth-order valence-corrected chi connectivity index (χ4v) is 2.14. The van der Waals surface area contributed by atoms with Gasteiger partial charge in [0, 0.05) is 6.04 Å². The molecule has 2 rings (SSSR count). The van der Waals surface area contributed by atoms with E-state index in [-0.39, 0.29) is 0 Å². The quantitative estimate of drug-likeness (QED) is 0.492. The zero-order valence-corrected chi connectivity index (χ0v) is 5.35. The SMILES string of the molecule is CC1CC2CCNC12. The summed E-state index contributed by atoms with van der Waals surface area (Å²) < 4.78 is 0. The molecule has 1 heteroatoms. The van der Waals surface area contributed by atoms with Gasteiger partial charge in [0.25, 0.3) is 0 Å². The standard InChI is InChI=1S/C7H13N/c1-5-4-6-2-3-8-7(5)6/h5-8H,2-4H2,1H3. The first-order valence-electron chi connectivity index (χ1n) is 3.61. The summed E-state index contributed by atoms with van der Waals surface area (Å²) in [5.74, 6) is 2.03. The van der Waals surface area contributed by atoms with Crippen LogP contribution >= 0.6 is 0 Å². The molecule has 46 valence electrons. The van der Waals surface area contributed by atoms with E-state index >= 15 is 0 Å². The minimum Gasteiger partial charge on any atom is -0.313 e. The number of hydrogen-bond acceptors (Lipinski definition) is 1. The highest BCUT2D eigenvalue weighted by Gasteiger charge is 2.40. The van der Waals surface area contributed by atoms with E-state index in [4.69, 9.17) is 0 Å². The molecule has 2 fully saturated rings. The van der Waals surface area contributed by atoms with E-state index in [2.05, 4.69) is 12.2 Å². The third-order valence-corrected chi connectivity index (χ3v) is 2.69. The Morgan fingerprint density at radius 1 is 1.50 bits per heavy atom. The average Bonchev–Trinajstić information content (AvgIpc) is 2.09. The Kier molecular flexibility index (Phi) is 0.884. The first-order chi connectivity index (χ1) is 3.88. The van der Waals surface area contributed by atoms with Crippen molar-refractivity contribution in [2.45, 2.75) is 25.8 Å². The molecule has 0 aromatic rings. The van der Waals surface area contributed by atoms with Crippen molar-refractivity contribution < 1.29 is 0 Å². The summed E-state index contributed by atoms with van der Waals surface area (Å²) in [5, 5.41) is 3.51. The average molecular weight is 111 g/mol. The van der Waals surface area contributed by atoms with Crippen molar-refractivity contribution in [3.05, 3.63) is 0 Å². The molecule has 3 unspecified atom stereocenters. The first-order valence-corrected chi connectivity index (χ1v) is 3.61. The van der Waals surface area contributed by atoms with Crippen LogP contribution in [0.15, 0.2) is 0 Å². The molecular weight excluding hydrogens is 98.1 g/mol. The molecule has 1 N–H and O–H groups in total. The molecule has 3 atom stereocenters. The van der Waals surface area contributed by atoms with Crippen molar-refractivity contribution in [1.29, 1.82) is 0 Å². The van der Waals surface area contributed by atoms with Gasteiger partial charge in [-0.15, -0.1) is 0 Å². The predicted molar refractivity (Wildman–Crippen MR) is 33.7 cm³/mol. The smallest absolute Gasteiger partial charge is 0.0122 e. The number of hydrogen-bond donors (Lipinski definition) is 1. The summed E-state index contributed by atoms with van der Waals surface area (Å²) in [6, 6.07) is 0.912. The van der Waals surface area contributed by atoms with Gasteiger partial charge in [-0.05, 0) is 31.2 Å². The zero-order chi connectivity index (χ0) is 5.56. The normalized spacial score (nSPS) is 52.9. The molecule has 1 aliphatic carbocycles. The number of fused-ring (bicyclic) bond motifs is 1. The van der Waals surface area contributed by atoms with Crippen LogP contribution in [0.3, 0.4) is 0 Å². The molecule has 0 amide bonds. The van der Waals surface area contributed by atoms with E-state index in [1.165, 1.54) is 19.4 Å². The monoisotopic (exact) mass is 111 g/mol. The van der Waals surface area contributed by atoms with Crippen molar-refractivity contribution in [1.82, 2.24) is 5.32 Å². The molecule has 0 aromatic heterocycles. The predicted octanol–water partition coefficient (Wildman–Crippen LogP) is 1.00. The second-order valence-electron chi connectivity index (χ2n) is 3.24. The lowest BCUT2D eigenvalue weighted by Gasteiger charge is -2.37. The summed E-state index contributed by atoms with van der Waals surface area (Å²) in [5.41, 5.74) is 0. The van der Waals surface area contributed by atoms with Gasteiger partial charge in [0.2, 0.25) is 0 Å². The zero-order valence-electron chi connectivity index (χ0n) is 5.35. The van der Waals surface area contributed by atoms with Gasteiger partial charge in [0.05, 0.1) is 0 Å². The lowest BCUT2D eigenvalue weighted by Crippen LogP contribution is -2.43. The third kappa shape index (κ3) is 0.455. The Balaban J connectivity index is 2.02. The van der Waals surface area contributed by atoms with Gasteiger partial charge in [-0.1, -0.05) is 6.92 Å². The van der Waals surface area contributed by atoms with Crippen LogP contribution in [-0.4, -0.2) is 12.6 Å². The van der Waals surface area contributed by atoms with Crippen LogP contribution in [0.5, 0.6) is 0 Å². The van der Waals surface area contributed by atoms with E-state index in [9.17, 15) is 0 Å². The second kappa shape index (κ2) is 1.47. The lowest BCUT2D eigenvalue weighted by atomic mass is 9.72. The fraction of sp³-hybridized carbons (Fsp3) is 1.00. The molecule has 1 heterocycles. The first kappa shape index (κ1) is 4.80. The van der Waals surface area contributed by atoms with Crippen LogP contribution < -0.4 is 5.32 Å². The molecule has 1 nitrogen and oxygen atoms in total.